The number of esters is 1. The fraction of sp³-hybridized carbons (Fsp3) is 0.464. The molecule has 0 radical (unpaired) electrons. The summed E-state index contributed by atoms with van der Waals surface area (Å²) in [5.41, 5.74) is 2.66. The van der Waals surface area contributed by atoms with Crippen molar-refractivity contribution in [1.82, 2.24) is 19.4 Å². The zero-order chi connectivity index (χ0) is 26.2. The number of hydrogen-bond acceptors (Lipinski definition) is 9. The van der Waals surface area contributed by atoms with Crippen molar-refractivity contribution in [1.29, 1.82) is 0 Å². The Morgan fingerprint density at radius 1 is 1.05 bits per heavy atom. The summed E-state index contributed by atoms with van der Waals surface area (Å²) in [5, 5.41) is 12.1. The summed E-state index contributed by atoms with van der Waals surface area (Å²) < 4.78 is 19.0. The molecule has 10 nitrogen and oxygen atoms in total. The maximum atomic E-state index is 13.7. The third kappa shape index (κ3) is 3.33. The molecular weight excluding hydrogens is 488 g/mol. The highest BCUT2D eigenvalue weighted by Crippen LogP contribution is 2.45. The Morgan fingerprint density at radius 3 is 2.63 bits per heavy atom. The van der Waals surface area contributed by atoms with E-state index in [1.807, 2.05) is 12.1 Å². The van der Waals surface area contributed by atoms with Crippen LogP contribution in [0, 0.1) is 0 Å². The van der Waals surface area contributed by atoms with Crippen LogP contribution in [-0.2, 0) is 34.8 Å². The number of aliphatic hydroxyl groups is 1. The number of ether oxygens (including phenoxy) is 3. The molecule has 1 atom stereocenters. The summed E-state index contributed by atoms with van der Waals surface area (Å²) in [6, 6.07) is 5.59. The molecule has 0 spiro atoms. The van der Waals surface area contributed by atoms with Gasteiger partial charge in [0, 0.05) is 43.9 Å². The summed E-state index contributed by atoms with van der Waals surface area (Å²) in [5.74, 6) is 0.688. The van der Waals surface area contributed by atoms with E-state index in [0.717, 1.165) is 48.2 Å². The zero-order valence-corrected chi connectivity index (χ0v) is 21.6. The molecule has 0 bridgehead atoms. The first-order valence-electron chi connectivity index (χ1n) is 13.2. The van der Waals surface area contributed by atoms with Gasteiger partial charge in [0.1, 0.15) is 19.8 Å². The van der Waals surface area contributed by atoms with Crippen molar-refractivity contribution in [2.24, 2.45) is 0 Å². The lowest BCUT2D eigenvalue weighted by atomic mass is 9.86. The highest BCUT2D eigenvalue weighted by molar-refractivity contribution is 5.95. The molecule has 0 unspecified atom stereocenters. The normalized spacial score (nSPS) is 22.7. The van der Waals surface area contributed by atoms with Crippen LogP contribution in [0.2, 0.25) is 0 Å². The number of cyclic esters (lactones) is 1. The fourth-order valence-corrected chi connectivity index (χ4v) is 6.17. The number of carbonyl (C=O) groups is 1. The van der Waals surface area contributed by atoms with Crippen molar-refractivity contribution in [3.8, 4) is 22.9 Å². The van der Waals surface area contributed by atoms with Crippen molar-refractivity contribution in [3.63, 3.8) is 0 Å². The molecule has 3 aromatic rings. The van der Waals surface area contributed by atoms with Gasteiger partial charge in [-0.2, -0.15) is 0 Å². The third-order valence-electron chi connectivity index (χ3n) is 8.45. The van der Waals surface area contributed by atoms with Gasteiger partial charge in [-0.05, 0) is 37.2 Å². The molecule has 198 valence electrons. The van der Waals surface area contributed by atoms with Gasteiger partial charge in [-0.15, -0.1) is 0 Å². The molecule has 10 heteroatoms. The van der Waals surface area contributed by atoms with Gasteiger partial charge in [0.25, 0.3) is 5.56 Å². The molecule has 0 aliphatic carbocycles. The molecule has 0 amide bonds. The fourth-order valence-electron chi connectivity index (χ4n) is 6.17. The molecule has 7 rings (SSSR count). The molecule has 4 aliphatic heterocycles. The third-order valence-corrected chi connectivity index (χ3v) is 8.45. The number of nitrogens with zero attached hydrogens (tertiary/aromatic N) is 4. The summed E-state index contributed by atoms with van der Waals surface area (Å²) >= 11 is 0. The van der Waals surface area contributed by atoms with Crippen LogP contribution in [0.25, 0.3) is 22.3 Å². The maximum Gasteiger partial charge on any atom is 0.343 e. The van der Waals surface area contributed by atoms with E-state index in [1.165, 1.54) is 0 Å². The first kappa shape index (κ1) is 23.6. The number of piperazine rings is 1. The number of fused-ring (bicyclic) bond motifs is 7. The highest BCUT2D eigenvalue weighted by Gasteiger charge is 2.45. The Kier molecular flexibility index (Phi) is 5.30. The Bertz CT molecular complexity index is 1560. The standard InChI is InChI=1S/C28H30N4O6/c1-3-28(35)19-12-21-24-17(14-32(21)26(33)18(19)15-38-27(28)34)16(13-31-8-6-30(2)7-9-31)23-20(29-24)4-5-22-25(23)37-11-10-36-22/h4-5,12,35H,3,6-11,13-15H2,1-2H3/t28-/m0/s1. The number of aromatic nitrogens is 2. The van der Waals surface area contributed by atoms with E-state index in [0.29, 0.717) is 60.3 Å². The van der Waals surface area contributed by atoms with Crippen LogP contribution in [0.1, 0.15) is 35.6 Å². The zero-order valence-electron chi connectivity index (χ0n) is 21.6. The van der Waals surface area contributed by atoms with Crippen LogP contribution in [0.5, 0.6) is 11.5 Å². The summed E-state index contributed by atoms with van der Waals surface area (Å²) in [6.45, 7) is 7.42. The van der Waals surface area contributed by atoms with Crippen LogP contribution >= 0.6 is 0 Å². The predicted molar refractivity (Wildman–Crippen MR) is 138 cm³/mol. The minimum Gasteiger partial charge on any atom is -0.486 e. The monoisotopic (exact) mass is 518 g/mol. The van der Waals surface area contributed by atoms with Gasteiger partial charge in [0.15, 0.2) is 17.1 Å². The van der Waals surface area contributed by atoms with Gasteiger partial charge in [-0.3, -0.25) is 9.69 Å². The highest BCUT2D eigenvalue weighted by atomic mass is 16.6. The summed E-state index contributed by atoms with van der Waals surface area (Å²) in [4.78, 5) is 36.0. The number of likely N-dealkylation sites (N-methyl/N-ethyl adjacent to an activating group) is 1. The van der Waals surface area contributed by atoms with Crippen LogP contribution in [-0.4, -0.2) is 76.9 Å². The van der Waals surface area contributed by atoms with Gasteiger partial charge in [0.2, 0.25) is 0 Å². The van der Waals surface area contributed by atoms with E-state index in [2.05, 4.69) is 16.8 Å². The van der Waals surface area contributed by atoms with Crippen LogP contribution in [0.3, 0.4) is 0 Å². The average Bonchev–Trinajstić information content (AvgIpc) is 3.31. The van der Waals surface area contributed by atoms with Crippen molar-refractivity contribution >= 4 is 16.9 Å². The Morgan fingerprint density at radius 2 is 1.84 bits per heavy atom. The van der Waals surface area contributed by atoms with Crippen molar-refractivity contribution in [2.45, 2.75) is 38.6 Å². The van der Waals surface area contributed by atoms with E-state index < -0.39 is 11.6 Å². The second-order valence-electron chi connectivity index (χ2n) is 10.6. The van der Waals surface area contributed by atoms with Gasteiger partial charge in [0.05, 0.1) is 34.4 Å². The smallest absolute Gasteiger partial charge is 0.343 e. The quantitative estimate of drug-likeness (QED) is 0.405. The van der Waals surface area contributed by atoms with Gasteiger partial charge in [-0.25, -0.2) is 9.78 Å². The van der Waals surface area contributed by atoms with Crippen molar-refractivity contribution in [2.75, 3.05) is 46.4 Å². The number of rotatable bonds is 3. The lowest BCUT2D eigenvalue weighted by Gasteiger charge is -2.33. The molecule has 1 aromatic carbocycles. The summed E-state index contributed by atoms with van der Waals surface area (Å²) in [7, 11) is 2.13. The van der Waals surface area contributed by atoms with Gasteiger partial charge < -0.3 is 28.8 Å². The largest absolute Gasteiger partial charge is 0.486 e. The Balaban J connectivity index is 1.46. The number of pyridine rings is 2. The lowest BCUT2D eigenvalue weighted by molar-refractivity contribution is -0.172. The molecule has 6 heterocycles. The number of benzene rings is 1. The molecule has 2 aromatic heterocycles. The number of hydrogen-bond donors (Lipinski definition) is 1. The minimum absolute atomic E-state index is 0.109. The second-order valence-corrected chi connectivity index (χ2v) is 10.6. The molecular formula is C28H30N4O6. The molecule has 0 saturated carbocycles. The van der Waals surface area contributed by atoms with Crippen LogP contribution in [0.15, 0.2) is 23.0 Å². The lowest BCUT2D eigenvalue weighted by Crippen LogP contribution is -2.44. The van der Waals surface area contributed by atoms with Gasteiger partial charge >= 0.3 is 5.97 Å². The predicted octanol–water partition coefficient (Wildman–Crippen LogP) is 1.60. The first-order chi connectivity index (χ1) is 18.4. The summed E-state index contributed by atoms with van der Waals surface area (Å²) in [6.07, 6.45) is 0.109. The van der Waals surface area contributed by atoms with Crippen molar-refractivity contribution < 1.29 is 24.1 Å². The number of carbonyl (C=O) groups excluding carboxylic acids is 1. The Labute approximate surface area is 219 Å². The van der Waals surface area contributed by atoms with Crippen LogP contribution in [0.4, 0.5) is 0 Å². The maximum absolute atomic E-state index is 13.7. The van der Waals surface area contributed by atoms with Crippen LogP contribution < -0.4 is 15.0 Å². The van der Waals surface area contributed by atoms with E-state index in [1.54, 1.807) is 17.6 Å². The second kappa shape index (κ2) is 8.52. The van der Waals surface area contributed by atoms with Crippen molar-refractivity contribution in [3.05, 3.63) is 50.8 Å². The van der Waals surface area contributed by atoms with E-state index in [9.17, 15) is 14.7 Å². The molecule has 1 N–H and O–H groups in total. The average molecular weight is 519 g/mol. The molecule has 1 fully saturated rings. The topological polar surface area (TPSA) is 106 Å². The minimum atomic E-state index is -1.85. The molecule has 4 aliphatic rings. The van der Waals surface area contributed by atoms with Gasteiger partial charge in [-0.1, -0.05) is 6.92 Å². The SMILES string of the molecule is CC[C@@]1(O)C(=O)OCc2c1cc1n(c2=O)Cc2c-1nc1ccc3c(c1c2CN1CCN(C)CC1)OCCO3. The first-order valence-corrected chi connectivity index (χ1v) is 13.2. The van der Waals surface area contributed by atoms with E-state index in [4.69, 9.17) is 19.2 Å². The van der Waals surface area contributed by atoms with E-state index in [-0.39, 0.29) is 18.6 Å². The van der Waals surface area contributed by atoms with E-state index >= 15 is 0 Å². The molecule has 1 saturated heterocycles. The molecule has 38 heavy (non-hydrogen) atoms. The Hall–Kier alpha value is -3.47.